The summed E-state index contributed by atoms with van der Waals surface area (Å²) < 4.78 is 0. The number of carbonyl (C=O) groups excluding carboxylic acids is 1. The van der Waals surface area contributed by atoms with Gasteiger partial charge in [0.2, 0.25) is 0 Å². The first-order valence-corrected chi connectivity index (χ1v) is 12.5. The minimum atomic E-state index is 0.107. The number of piperidine rings is 1. The maximum Gasteiger partial charge on any atom is 0.263 e. The van der Waals surface area contributed by atoms with E-state index in [2.05, 4.69) is 52.8 Å². The minimum Gasteiger partial charge on any atom is -0.338 e. The van der Waals surface area contributed by atoms with Gasteiger partial charge in [-0.05, 0) is 80.4 Å². The van der Waals surface area contributed by atoms with Gasteiger partial charge < -0.3 is 9.80 Å². The van der Waals surface area contributed by atoms with Crippen LogP contribution in [0, 0.1) is 0 Å². The number of aromatic nitrogens is 1. The molecular weight excluding hydrogens is 444 g/mol. The molecule has 0 atom stereocenters. The number of nitrogens with zero attached hydrogens (tertiary/aromatic N) is 3. The topological polar surface area (TPSA) is 57.7 Å². The average Bonchev–Trinajstić information content (AvgIpc) is 3.49. The van der Waals surface area contributed by atoms with Crippen LogP contribution in [0.25, 0.3) is 27.3 Å². The number of thiophene rings is 1. The normalized spacial score (nSPS) is 16.3. The third-order valence-corrected chi connectivity index (χ3v) is 8.06. The summed E-state index contributed by atoms with van der Waals surface area (Å²) in [6.07, 6.45) is 8.64. The molecule has 0 spiro atoms. The van der Waals surface area contributed by atoms with Crippen LogP contribution in [-0.4, -0.2) is 61.0 Å². The van der Waals surface area contributed by atoms with E-state index in [1.807, 2.05) is 24.1 Å². The molecular formula is C27H30N4O2S. The Balaban J connectivity index is 1.50. The van der Waals surface area contributed by atoms with E-state index in [4.69, 9.17) is 4.84 Å². The van der Waals surface area contributed by atoms with Crippen LogP contribution in [0.2, 0.25) is 0 Å². The van der Waals surface area contributed by atoms with Gasteiger partial charge in [-0.2, -0.15) is 0 Å². The fourth-order valence-electron chi connectivity index (χ4n) is 4.87. The largest absolute Gasteiger partial charge is 0.338 e. The smallest absolute Gasteiger partial charge is 0.263 e. The quantitative estimate of drug-likeness (QED) is 0.525. The molecule has 34 heavy (non-hydrogen) atoms. The highest BCUT2D eigenvalue weighted by molar-refractivity contribution is 7.18. The first kappa shape index (κ1) is 22.8. The number of allylic oxidation sites excluding steroid dienone is 1. The number of nitrogens with one attached hydrogen (secondary N) is 1. The summed E-state index contributed by atoms with van der Waals surface area (Å²) in [6.45, 7) is 2.06. The van der Waals surface area contributed by atoms with E-state index in [-0.39, 0.29) is 11.9 Å². The summed E-state index contributed by atoms with van der Waals surface area (Å²) in [5, 5.41) is 0. The van der Waals surface area contributed by atoms with Gasteiger partial charge in [0.15, 0.2) is 0 Å². The molecule has 0 radical (unpaired) electrons. The second-order valence-corrected chi connectivity index (χ2v) is 10.1. The SMILES string of the molecule is CONC1=CCc2cc(-c3sc(C(=O)N(C)C4CCN(C)CC4)cc3-c3ccncc3)ccc21. The van der Waals surface area contributed by atoms with E-state index >= 15 is 0 Å². The van der Waals surface area contributed by atoms with Gasteiger partial charge in [0.05, 0.1) is 17.7 Å². The molecule has 1 aliphatic heterocycles. The van der Waals surface area contributed by atoms with Gasteiger partial charge in [0, 0.05) is 41.5 Å². The molecule has 1 aromatic carbocycles. The van der Waals surface area contributed by atoms with Gasteiger partial charge in [-0.15, -0.1) is 11.3 Å². The third-order valence-electron chi connectivity index (χ3n) is 6.89. The molecule has 1 aliphatic carbocycles. The molecule has 1 N–H and O–H groups in total. The van der Waals surface area contributed by atoms with Crippen molar-refractivity contribution in [3.63, 3.8) is 0 Å². The zero-order valence-electron chi connectivity index (χ0n) is 19.9. The number of pyridine rings is 1. The molecule has 3 aromatic rings. The monoisotopic (exact) mass is 474 g/mol. The van der Waals surface area contributed by atoms with Gasteiger partial charge in [-0.1, -0.05) is 18.2 Å². The Morgan fingerprint density at radius 2 is 1.88 bits per heavy atom. The Hall–Kier alpha value is -3.00. The number of hydrogen-bond acceptors (Lipinski definition) is 6. The van der Waals surface area contributed by atoms with E-state index in [0.717, 1.165) is 70.1 Å². The maximum atomic E-state index is 13.5. The van der Waals surface area contributed by atoms with E-state index < -0.39 is 0 Å². The second-order valence-electron chi connectivity index (χ2n) is 9.04. The lowest BCUT2D eigenvalue weighted by Crippen LogP contribution is -2.44. The van der Waals surface area contributed by atoms with Crippen LogP contribution >= 0.6 is 11.3 Å². The highest BCUT2D eigenvalue weighted by Gasteiger charge is 2.27. The van der Waals surface area contributed by atoms with Gasteiger partial charge in [-0.3, -0.25) is 20.1 Å². The number of likely N-dealkylation sites (tertiary alicyclic amines) is 1. The summed E-state index contributed by atoms with van der Waals surface area (Å²) in [6, 6.07) is 12.9. The number of carbonyl (C=O) groups is 1. The lowest BCUT2D eigenvalue weighted by molar-refractivity contribution is 0.0664. The van der Waals surface area contributed by atoms with Crippen molar-refractivity contribution in [2.24, 2.45) is 0 Å². The molecule has 0 bridgehead atoms. The van der Waals surface area contributed by atoms with Crippen LogP contribution in [0.15, 0.2) is 54.9 Å². The van der Waals surface area contributed by atoms with Crippen LogP contribution in [0.5, 0.6) is 0 Å². The van der Waals surface area contributed by atoms with E-state index in [1.165, 1.54) is 5.56 Å². The van der Waals surface area contributed by atoms with Crippen molar-refractivity contribution >= 4 is 22.9 Å². The maximum absolute atomic E-state index is 13.5. The molecule has 2 aromatic heterocycles. The van der Waals surface area contributed by atoms with Crippen molar-refractivity contribution in [3.8, 4) is 21.6 Å². The molecule has 1 saturated heterocycles. The molecule has 7 heteroatoms. The van der Waals surface area contributed by atoms with E-state index in [9.17, 15) is 4.79 Å². The predicted octanol–water partition coefficient (Wildman–Crippen LogP) is 4.69. The number of hydroxylamine groups is 1. The Labute approximate surface area is 204 Å². The Morgan fingerprint density at radius 3 is 2.62 bits per heavy atom. The molecule has 1 amide bonds. The van der Waals surface area contributed by atoms with Gasteiger partial charge in [0.1, 0.15) is 0 Å². The molecule has 0 saturated carbocycles. The third kappa shape index (κ3) is 4.39. The summed E-state index contributed by atoms with van der Waals surface area (Å²) in [5.41, 5.74) is 9.65. The Kier molecular flexibility index (Phi) is 6.50. The van der Waals surface area contributed by atoms with Crippen LogP contribution < -0.4 is 5.48 Å². The lowest BCUT2D eigenvalue weighted by Gasteiger charge is -2.34. The standard InChI is InChI=1S/C27H30N4O2S/c1-30-14-10-21(11-15-30)31(2)27(32)25-17-23(18-8-12-28-13-9-18)26(34-25)20-4-6-22-19(16-20)5-7-24(22)29-33-3/h4,6-9,12-13,16-17,21,29H,5,10-11,14-15H2,1-3H3. The summed E-state index contributed by atoms with van der Waals surface area (Å²) in [7, 11) is 5.72. The second kappa shape index (κ2) is 9.70. The molecule has 176 valence electrons. The predicted molar refractivity (Wildman–Crippen MR) is 137 cm³/mol. The fourth-order valence-corrected chi connectivity index (χ4v) is 6.03. The molecule has 1 fully saturated rings. The van der Waals surface area contributed by atoms with Crippen LogP contribution in [-0.2, 0) is 11.3 Å². The van der Waals surface area contributed by atoms with Crippen LogP contribution in [0.3, 0.4) is 0 Å². The van der Waals surface area contributed by atoms with Crippen LogP contribution in [0.4, 0.5) is 0 Å². The summed E-state index contributed by atoms with van der Waals surface area (Å²) >= 11 is 1.59. The van der Waals surface area contributed by atoms with E-state index in [0.29, 0.717) is 0 Å². The van der Waals surface area contributed by atoms with Crippen molar-refractivity contribution in [3.05, 3.63) is 70.9 Å². The van der Waals surface area contributed by atoms with Crippen molar-refractivity contribution in [1.29, 1.82) is 0 Å². The van der Waals surface area contributed by atoms with Crippen molar-refractivity contribution in [2.75, 3.05) is 34.3 Å². The highest BCUT2D eigenvalue weighted by Crippen LogP contribution is 2.41. The number of hydrogen-bond donors (Lipinski definition) is 1. The number of rotatable bonds is 6. The fraction of sp³-hybridized carbons (Fsp3) is 0.333. The number of fused-ring (bicyclic) bond motifs is 1. The summed E-state index contributed by atoms with van der Waals surface area (Å²) in [4.78, 5) is 29.0. The first-order chi connectivity index (χ1) is 16.5. The van der Waals surface area contributed by atoms with E-state index in [1.54, 1.807) is 30.8 Å². The molecule has 5 rings (SSSR count). The number of amides is 1. The van der Waals surface area contributed by atoms with Crippen molar-refractivity contribution in [1.82, 2.24) is 20.3 Å². The lowest BCUT2D eigenvalue weighted by atomic mass is 9.99. The zero-order chi connectivity index (χ0) is 23.7. The van der Waals surface area contributed by atoms with Crippen molar-refractivity contribution in [2.45, 2.75) is 25.3 Å². The molecule has 0 unspecified atom stereocenters. The van der Waals surface area contributed by atoms with Crippen molar-refractivity contribution < 1.29 is 9.63 Å². The van der Waals surface area contributed by atoms with Gasteiger partial charge in [0.25, 0.3) is 5.91 Å². The summed E-state index contributed by atoms with van der Waals surface area (Å²) in [5.74, 6) is 0.107. The highest BCUT2D eigenvalue weighted by atomic mass is 32.1. The van der Waals surface area contributed by atoms with Gasteiger partial charge in [-0.25, -0.2) is 0 Å². The zero-order valence-corrected chi connectivity index (χ0v) is 20.7. The van der Waals surface area contributed by atoms with Crippen LogP contribution in [0.1, 0.15) is 33.6 Å². The number of benzene rings is 1. The first-order valence-electron chi connectivity index (χ1n) is 11.7. The molecule has 2 aliphatic rings. The Bertz CT molecular complexity index is 1210. The van der Waals surface area contributed by atoms with Gasteiger partial charge >= 0.3 is 0 Å². The Morgan fingerprint density at radius 1 is 1.12 bits per heavy atom. The molecule has 6 nitrogen and oxygen atoms in total. The molecule has 3 heterocycles. The average molecular weight is 475 g/mol. The minimum absolute atomic E-state index is 0.107.